The number of aliphatic hydroxyl groups is 1. The van der Waals surface area contributed by atoms with Gasteiger partial charge in [-0.3, -0.25) is 9.59 Å². The number of benzene rings is 2. The van der Waals surface area contributed by atoms with Crippen LogP contribution in [0.5, 0.6) is 0 Å². The van der Waals surface area contributed by atoms with Crippen molar-refractivity contribution >= 4 is 17.5 Å². The van der Waals surface area contributed by atoms with E-state index >= 15 is 0 Å². The van der Waals surface area contributed by atoms with Gasteiger partial charge in [0.1, 0.15) is 17.2 Å². The van der Waals surface area contributed by atoms with E-state index in [1.54, 1.807) is 13.8 Å². The highest BCUT2D eigenvalue weighted by atomic mass is 35.5. The molecule has 2 N–H and O–H groups in total. The van der Waals surface area contributed by atoms with Gasteiger partial charge in [-0.25, -0.2) is 8.78 Å². The molecule has 0 saturated carbocycles. The Morgan fingerprint density at radius 1 is 1.19 bits per heavy atom. The number of carbonyl (C=O) groups is 1. The van der Waals surface area contributed by atoms with E-state index in [4.69, 9.17) is 11.6 Å². The van der Waals surface area contributed by atoms with Crippen LogP contribution in [0.1, 0.15) is 24.2 Å². The minimum Gasteiger partial charge on any atom is -0.394 e. The lowest BCUT2D eigenvalue weighted by Crippen LogP contribution is -2.43. The molecule has 162 valence electrons. The Hall–Kier alpha value is -3.10. The number of nitrogens with zero attached hydrogens (tertiary/aromatic N) is 2. The maximum atomic E-state index is 14.0. The van der Waals surface area contributed by atoms with Crippen LogP contribution < -0.4 is 10.9 Å². The number of rotatable bonds is 6. The molecule has 9 heteroatoms. The molecule has 0 aliphatic carbocycles. The number of hydrogen-bond donors (Lipinski definition) is 2. The standard InChI is InChI=1S/C22H20ClF2N3O3/c1-12(2)20(11-29)26-21(30)16-10-19(13-6-7-17(23)18(25)8-13)27-28(22(16)31)15-5-3-4-14(24)9-15/h3-10,12,20,29H,11H2,1-2H3,(H,26,30). The zero-order valence-corrected chi connectivity index (χ0v) is 17.5. The van der Waals surface area contributed by atoms with Crippen molar-refractivity contribution in [2.24, 2.45) is 5.92 Å². The summed E-state index contributed by atoms with van der Waals surface area (Å²) < 4.78 is 28.6. The maximum absolute atomic E-state index is 14.0. The van der Waals surface area contributed by atoms with E-state index in [0.717, 1.165) is 16.8 Å². The molecule has 0 radical (unpaired) electrons. The predicted octanol–water partition coefficient (Wildman–Crippen LogP) is 3.58. The SMILES string of the molecule is CC(C)C(CO)NC(=O)c1cc(-c2ccc(Cl)c(F)c2)nn(-c2cccc(F)c2)c1=O. The minimum atomic E-state index is -0.790. The van der Waals surface area contributed by atoms with E-state index in [-0.39, 0.29) is 40.1 Å². The Morgan fingerprint density at radius 3 is 2.55 bits per heavy atom. The first kappa shape index (κ1) is 22.6. The predicted molar refractivity (Wildman–Crippen MR) is 113 cm³/mol. The monoisotopic (exact) mass is 447 g/mol. The molecule has 2 aromatic carbocycles. The molecule has 3 aromatic rings. The van der Waals surface area contributed by atoms with Crippen LogP contribution in [0.25, 0.3) is 16.9 Å². The zero-order valence-electron chi connectivity index (χ0n) is 16.8. The molecule has 0 spiro atoms. The minimum absolute atomic E-state index is 0.0916. The van der Waals surface area contributed by atoms with Gasteiger partial charge in [0.15, 0.2) is 0 Å². The van der Waals surface area contributed by atoms with Gasteiger partial charge in [0.2, 0.25) is 0 Å². The molecule has 1 heterocycles. The van der Waals surface area contributed by atoms with Crippen molar-refractivity contribution in [1.82, 2.24) is 15.1 Å². The second-order valence-corrected chi connectivity index (χ2v) is 7.68. The van der Waals surface area contributed by atoms with Gasteiger partial charge >= 0.3 is 0 Å². The van der Waals surface area contributed by atoms with E-state index in [2.05, 4.69) is 10.4 Å². The van der Waals surface area contributed by atoms with E-state index in [1.165, 1.54) is 36.4 Å². The van der Waals surface area contributed by atoms with E-state index < -0.39 is 29.1 Å². The van der Waals surface area contributed by atoms with Crippen molar-refractivity contribution in [1.29, 1.82) is 0 Å². The normalized spacial score (nSPS) is 12.1. The van der Waals surface area contributed by atoms with Gasteiger partial charge in [0.25, 0.3) is 11.5 Å². The molecular formula is C22H20ClF2N3O3. The zero-order chi connectivity index (χ0) is 22.7. The van der Waals surface area contributed by atoms with Gasteiger partial charge < -0.3 is 10.4 Å². The van der Waals surface area contributed by atoms with Crippen molar-refractivity contribution < 1.29 is 18.7 Å². The summed E-state index contributed by atoms with van der Waals surface area (Å²) in [7, 11) is 0. The first-order valence-electron chi connectivity index (χ1n) is 9.48. The summed E-state index contributed by atoms with van der Waals surface area (Å²) in [5, 5.41) is 16.2. The average molecular weight is 448 g/mol. The van der Waals surface area contributed by atoms with Crippen LogP contribution in [0, 0.1) is 17.6 Å². The Kier molecular flexibility index (Phi) is 6.82. The second kappa shape index (κ2) is 9.36. The highest BCUT2D eigenvalue weighted by molar-refractivity contribution is 6.30. The van der Waals surface area contributed by atoms with Crippen molar-refractivity contribution in [3.8, 4) is 16.9 Å². The lowest BCUT2D eigenvalue weighted by Gasteiger charge is -2.20. The number of hydrogen-bond acceptors (Lipinski definition) is 4. The molecule has 0 aliphatic heterocycles. The highest BCUT2D eigenvalue weighted by Gasteiger charge is 2.22. The van der Waals surface area contributed by atoms with Crippen LogP contribution in [0.3, 0.4) is 0 Å². The Bertz CT molecular complexity index is 1180. The van der Waals surface area contributed by atoms with Crippen molar-refractivity contribution in [3.05, 3.63) is 81.1 Å². The quantitative estimate of drug-likeness (QED) is 0.605. The van der Waals surface area contributed by atoms with Gasteiger partial charge in [-0.2, -0.15) is 9.78 Å². The van der Waals surface area contributed by atoms with E-state index in [9.17, 15) is 23.5 Å². The fraction of sp³-hybridized carbons (Fsp3) is 0.227. The Balaban J connectivity index is 2.19. The van der Waals surface area contributed by atoms with Crippen molar-refractivity contribution in [3.63, 3.8) is 0 Å². The molecule has 6 nitrogen and oxygen atoms in total. The molecule has 1 amide bonds. The third-order valence-electron chi connectivity index (χ3n) is 4.74. The molecule has 0 fully saturated rings. The number of aliphatic hydroxyl groups excluding tert-OH is 1. The third-order valence-corrected chi connectivity index (χ3v) is 5.05. The highest BCUT2D eigenvalue weighted by Crippen LogP contribution is 2.23. The largest absolute Gasteiger partial charge is 0.394 e. The van der Waals surface area contributed by atoms with Gasteiger partial charge in [-0.05, 0) is 42.3 Å². The molecule has 1 aromatic heterocycles. The van der Waals surface area contributed by atoms with E-state index in [1.807, 2.05) is 0 Å². The van der Waals surface area contributed by atoms with Crippen LogP contribution in [-0.2, 0) is 0 Å². The molecule has 1 atom stereocenters. The summed E-state index contributed by atoms with van der Waals surface area (Å²) in [5.74, 6) is -2.12. The van der Waals surface area contributed by atoms with Gasteiger partial charge in [-0.15, -0.1) is 0 Å². The number of nitrogens with one attached hydrogen (secondary N) is 1. The molecule has 0 aliphatic rings. The lowest BCUT2D eigenvalue weighted by molar-refractivity contribution is 0.0894. The Morgan fingerprint density at radius 2 is 1.94 bits per heavy atom. The summed E-state index contributed by atoms with van der Waals surface area (Å²) >= 11 is 5.74. The fourth-order valence-corrected chi connectivity index (χ4v) is 3.02. The molecule has 31 heavy (non-hydrogen) atoms. The van der Waals surface area contributed by atoms with Crippen LogP contribution in [0.15, 0.2) is 53.3 Å². The first-order chi connectivity index (χ1) is 14.7. The van der Waals surface area contributed by atoms with Crippen LogP contribution >= 0.6 is 11.6 Å². The average Bonchev–Trinajstić information content (AvgIpc) is 2.73. The summed E-state index contributed by atoms with van der Waals surface area (Å²) in [6.07, 6.45) is 0. The first-order valence-corrected chi connectivity index (χ1v) is 9.86. The van der Waals surface area contributed by atoms with Crippen molar-refractivity contribution in [2.45, 2.75) is 19.9 Å². The number of amides is 1. The summed E-state index contributed by atoms with van der Waals surface area (Å²) in [6.45, 7) is 3.29. The smallest absolute Gasteiger partial charge is 0.284 e. The van der Waals surface area contributed by atoms with Gasteiger partial charge in [0, 0.05) is 5.56 Å². The Labute approximate surface area is 182 Å². The van der Waals surface area contributed by atoms with Crippen LogP contribution in [-0.4, -0.2) is 33.4 Å². The maximum Gasteiger partial charge on any atom is 0.284 e. The van der Waals surface area contributed by atoms with Gasteiger partial charge in [0.05, 0.1) is 29.1 Å². The molecular weight excluding hydrogens is 428 g/mol. The summed E-state index contributed by atoms with van der Waals surface area (Å²) in [4.78, 5) is 25.9. The topological polar surface area (TPSA) is 84.2 Å². The number of aromatic nitrogens is 2. The molecule has 0 saturated heterocycles. The van der Waals surface area contributed by atoms with Crippen LogP contribution in [0.4, 0.5) is 8.78 Å². The van der Waals surface area contributed by atoms with E-state index in [0.29, 0.717) is 0 Å². The summed E-state index contributed by atoms with van der Waals surface area (Å²) in [6, 6.07) is 9.72. The fourth-order valence-electron chi connectivity index (χ4n) is 2.91. The summed E-state index contributed by atoms with van der Waals surface area (Å²) in [5.41, 5.74) is -0.610. The third kappa shape index (κ3) is 4.98. The molecule has 3 rings (SSSR count). The van der Waals surface area contributed by atoms with Crippen LogP contribution in [0.2, 0.25) is 5.02 Å². The van der Waals surface area contributed by atoms with Crippen molar-refractivity contribution in [2.75, 3.05) is 6.61 Å². The van der Waals surface area contributed by atoms with Gasteiger partial charge in [-0.1, -0.05) is 37.6 Å². The number of halogens is 3. The molecule has 1 unspecified atom stereocenters. The number of carbonyl (C=O) groups excluding carboxylic acids is 1. The second-order valence-electron chi connectivity index (χ2n) is 7.28. The molecule has 0 bridgehead atoms. The lowest BCUT2D eigenvalue weighted by atomic mass is 10.0.